The summed E-state index contributed by atoms with van der Waals surface area (Å²) in [6.07, 6.45) is 1.61. The molecule has 0 atom stereocenters. The SMILES string of the molecule is N#Cc1ccccc1COc1c(I)cc(/C=C2/NC(=O)NC2=O)cc1I. The number of urea groups is 1. The van der Waals surface area contributed by atoms with Crippen molar-refractivity contribution in [3.8, 4) is 11.8 Å². The van der Waals surface area contributed by atoms with Gasteiger partial charge in [0.1, 0.15) is 18.1 Å². The third-order valence-corrected chi connectivity index (χ3v) is 5.16. The number of benzene rings is 2. The van der Waals surface area contributed by atoms with Gasteiger partial charge in [-0.2, -0.15) is 5.26 Å². The molecule has 2 N–H and O–H groups in total. The van der Waals surface area contributed by atoms with Crippen molar-refractivity contribution in [2.24, 2.45) is 0 Å². The molecular formula is C18H11I2N3O3. The topological polar surface area (TPSA) is 91.2 Å². The second kappa shape index (κ2) is 8.05. The first-order chi connectivity index (χ1) is 12.5. The Morgan fingerprint density at radius 2 is 1.81 bits per heavy atom. The summed E-state index contributed by atoms with van der Waals surface area (Å²) >= 11 is 4.31. The van der Waals surface area contributed by atoms with Gasteiger partial charge in [-0.25, -0.2) is 4.79 Å². The van der Waals surface area contributed by atoms with E-state index >= 15 is 0 Å². The van der Waals surface area contributed by atoms with Crippen molar-refractivity contribution in [2.45, 2.75) is 6.61 Å². The molecule has 8 heteroatoms. The van der Waals surface area contributed by atoms with E-state index in [9.17, 15) is 9.59 Å². The number of nitriles is 1. The van der Waals surface area contributed by atoms with Gasteiger partial charge in [-0.3, -0.25) is 10.1 Å². The average Bonchev–Trinajstić information content (AvgIpc) is 2.91. The van der Waals surface area contributed by atoms with Crippen molar-refractivity contribution in [2.75, 3.05) is 0 Å². The highest BCUT2D eigenvalue weighted by molar-refractivity contribution is 14.1. The number of hydrogen-bond acceptors (Lipinski definition) is 4. The largest absolute Gasteiger partial charge is 0.487 e. The Balaban J connectivity index is 1.82. The van der Waals surface area contributed by atoms with E-state index < -0.39 is 11.9 Å². The number of amides is 3. The molecule has 1 heterocycles. The van der Waals surface area contributed by atoms with Crippen LogP contribution < -0.4 is 15.4 Å². The van der Waals surface area contributed by atoms with Gasteiger partial charge in [-0.1, -0.05) is 18.2 Å². The summed E-state index contributed by atoms with van der Waals surface area (Å²) in [6.45, 7) is 0.286. The molecular weight excluding hydrogens is 560 g/mol. The highest BCUT2D eigenvalue weighted by atomic mass is 127. The van der Waals surface area contributed by atoms with Crippen LogP contribution in [-0.2, 0) is 11.4 Å². The van der Waals surface area contributed by atoms with Gasteiger partial charge in [0, 0.05) is 5.56 Å². The zero-order chi connectivity index (χ0) is 18.7. The van der Waals surface area contributed by atoms with Gasteiger partial charge in [0.05, 0.1) is 18.8 Å². The summed E-state index contributed by atoms with van der Waals surface area (Å²) in [7, 11) is 0. The first-order valence-electron chi connectivity index (χ1n) is 7.42. The van der Waals surface area contributed by atoms with Gasteiger partial charge in [-0.05, 0) is 75.0 Å². The maximum absolute atomic E-state index is 11.6. The molecule has 0 aliphatic carbocycles. The lowest BCUT2D eigenvalue weighted by molar-refractivity contribution is -0.115. The molecule has 130 valence electrons. The Labute approximate surface area is 176 Å². The quantitative estimate of drug-likeness (QED) is 0.334. The van der Waals surface area contributed by atoms with E-state index in [1.165, 1.54) is 0 Å². The first-order valence-corrected chi connectivity index (χ1v) is 9.57. The number of nitrogens with one attached hydrogen (secondary N) is 2. The van der Waals surface area contributed by atoms with Crippen LogP contribution in [0.4, 0.5) is 4.79 Å². The van der Waals surface area contributed by atoms with Crippen LogP contribution in [0, 0.1) is 18.5 Å². The molecule has 26 heavy (non-hydrogen) atoms. The molecule has 0 bridgehead atoms. The molecule has 0 unspecified atom stereocenters. The number of carbonyl (C=O) groups excluding carboxylic acids is 2. The molecule has 1 aliphatic heterocycles. The van der Waals surface area contributed by atoms with Gasteiger partial charge in [0.15, 0.2) is 0 Å². The van der Waals surface area contributed by atoms with Crippen molar-refractivity contribution < 1.29 is 14.3 Å². The molecule has 1 saturated heterocycles. The monoisotopic (exact) mass is 571 g/mol. The maximum atomic E-state index is 11.6. The molecule has 0 saturated carbocycles. The highest BCUT2D eigenvalue weighted by Crippen LogP contribution is 2.30. The van der Waals surface area contributed by atoms with Crippen LogP contribution in [-0.4, -0.2) is 11.9 Å². The van der Waals surface area contributed by atoms with Crippen LogP contribution in [0.25, 0.3) is 6.08 Å². The minimum Gasteiger partial charge on any atom is -0.487 e. The molecule has 0 spiro atoms. The van der Waals surface area contributed by atoms with Gasteiger partial charge in [-0.15, -0.1) is 0 Å². The normalized spacial score (nSPS) is 14.7. The van der Waals surface area contributed by atoms with Crippen LogP contribution in [0.2, 0.25) is 0 Å². The molecule has 0 aromatic heterocycles. The van der Waals surface area contributed by atoms with E-state index in [1.807, 2.05) is 30.3 Å². The Kier molecular flexibility index (Phi) is 5.77. The summed E-state index contributed by atoms with van der Waals surface area (Å²) in [5.74, 6) is 0.259. The molecule has 6 nitrogen and oxygen atoms in total. The fourth-order valence-electron chi connectivity index (χ4n) is 2.35. The molecule has 2 aromatic carbocycles. The van der Waals surface area contributed by atoms with E-state index in [-0.39, 0.29) is 12.3 Å². The fourth-order valence-corrected chi connectivity index (χ4v) is 4.48. The number of halogens is 2. The lowest BCUT2D eigenvalue weighted by atomic mass is 10.1. The van der Waals surface area contributed by atoms with E-state index in [0.717, 1.165) is 18.3 Å². The van der Waals surface area contributed by atoms with Crippen molar-refractivity contribution in [1.82, 2.24) is 10.6 Å². The van der Waals surface area contributed by atoms with Crippen molar-refractivity contribution in [3.05, 3.63) is 65.9 Å². The first kappa shape index (κ1) is 18.7. The number of hydrogen-bond donors (Lipinski definition) is 2. The fraction of sp³-hybridized carbons (Fsp3) is 0.0556. The molecule has 1 fully saturated rings. The summed E-state index contributed by atoms with van der Waals surface area (Å²) in [5.41, 5.74) is 2.38. The number of carbonyl (C=O) groups is 2. The lowest BCUT2D eigenvalue weighted by Gasteiger charge is -2.12. The van der Waals surface area contributed by atoms with Crippen molar-refractivity contribution >= 4 is 63.2 Å². The van der Waals surface area contributed by atoms with E-state index in [0.29, 0.717) is 11.3 Å². The standard InChI is InChI=1S/C18H11I2N3O3/c19-13-5-10(7-15-17(24)23-18(25)22-15)6-14(20)16(13)26-9-12-4-2-1-3-11(12)8-21/h1-7H,9H2,(H2,22,23,24,25)/b15-7+. The van der Waals surface area contributed by atoms with Crippen LogP contribution in [0.3, 0.4) is 0 Å². The minimum absolute atomic E-state index is 0.207. The summed E-state index contributed by atoms with van der Waals surface area (Å²) in [4.78, 5) is 22.8. The summed E-state index contributed by atoms with van der Waals surface area (Å²) in [5, 5.41) is 13.8. The second-order valence-electron chi connectivity index (χ2n) is 5.34. The minimum atomic E-state index is -0.526. The molecule has 3 amide bonds. The number of nitrogens with zero attached hydrogens (tertiary/aromatic N) is 1. The number of ether oxygens (including phenoxy) is 1. The number of imide groups is 1. The number of rotatable bonds is 4. The Morgan fingerprint density at radius 3 is 2.42 bits per heavy atom. The Hall–Kier alpha value is -2.13. The van der Waals surface area contributed by atoms with Crippen LogP contribution in [0.15, 0.2) is 42.1 Å². The van der Waals surface area contributed by atoms with Gasteiger partial charge in [0.2, 0.25) is 0 Å². The zero-order valence-electron chi connectivity index (χ0n) is 13.2. The Morgan fingerprint density at radius 1 is 1.12 bits per heavy atom. The van der Waals surface area contributed by atoms with Gasteiger partial charge < -0.3 is 10.1 Å². The van der Waals surface area contributed by atoms with Gasteiger partial charge in [0.25, 0.3) is 5.91 Å². The van der Waals surface area contributed by atoms with E-state index in [1.54, 1.807) is 12.1 Å². The highest BCUT2D eigenvalue weighted by Gasteiger charge is 2.23. The van der Waals surface area contributed by atoms with Gasteiger partial charge >= 0.3 is 6.03 Å². The summed E-state index contributed by atoms with van der Waals surface area (Å²) < 4.78 is 7.65. The molecule has 2 aromatic rings. The molecule has 0 radical (unpaired) electrons. The predicted molar refractivity (Wildman–Crippen MR) is 112 cm³/mol. The third kappa shape index (κ3) is 4.16. The molecule has 3 rings (SSSR count). The maximum Gasteiger partial charge on any atom is 0.326 e. The van der Waals surface area contributed by atoms with E-state index in [4.69, 9.17) is 10.00 Å². The lowest BCUT2D eigenvalue weighted by Crippen LogP contribution is -2.22. The predicted octanol–water partition coefficient (Wildman–Crippen LogP) is 3.53. The molecule has 1 aliphatic rings. The Bertz CT molecular complexity index is 957. The zero-order valence-corrected chi connectivity index (χ0v) is 17.5. The average molecular weight is 571 g/mol. The summed E-state index contributed by atoms with van der Waals surface area (Å²) in [6, 6.07) is 12.6. The third-order valence-electron chi connectivity index (χ3n) is 3.56. The van der Waals surface area contributed by atoms with Crippen LogP contribution in [0.1, 0.15) is 16.7 Å². The smallest absolute Gasteiger partial charge is 0.326 e. The van der Waals surface area contributed by atoms with Crippen LogP contribution >= 0.6 is 45.2 Å². The van der Waals surface area contributed by atoms with Crippen molar-refractivity contribution in [3.63, 3.8) is 0 Å². The van der Waals surface area contributed by atoms with Crippen LogP contribution in [0.5, 0.6) is 5.75 Å². The second-order valence-corrected chi connectivity index (χ2v) is 7.66. The van der Waals surface area contributed by atoms with E-state index in [2.05, 4.69) is 61.9 Å². The van der Waals surface area contributed by atoms with Crippen molar-refractivity contribution in [1.29, 1.82) is 5.26 Å².